The SMILES string of the molecule is CC(Cl)CCN(C)S(=O)(=O)c1c(Br)nnn1C. The van der Waals surface area contributed by atoms with Crippen LogP contribution in [0.5, 0.6) is 0 Å². The van der Waals surface area contributed by atoms with Crippen molar-refractivity contribution in [3.05, 3.63) is 4.60 Å². The summed E-state index contributed by atoms with van der Waals surface area (Å²) < 4.78 is 27.1. The summed E-state index contributed by atoms with van der Waals surface area (Å²) >= 11 is 8.87. The van der Waals surface area contributed by atoms with Crippen molar-refractivity contribution in [1.29, 1.82) is 0 Å². The van der Waals surface area contributed by atoms with E-state index in [1.807, 2.05) is 6.92 Å². The van der Waals surface area contributed by atoms with E-state index in [0.717, 1.165) is 0 Å². The van der Waals surface area contributed by atoms with Crippen molar-refractivity contribution in [1.82, 2.24) is 19.3 Å². The Morgan fingerprint density at radius 2 is 2.18 bits per heavy atom. The van der Waals surface area contributed by atoms with Gasteiger partial charge in [-0.1, -0.05) is 5.21 Å². The van der Waals surface area contributed by atoms with E-state index >= 15 is 0 Å². The average Bonchev–Trinajstić information content (AvgIpc) is 2.55. The fourth-order valence-electron chi connectivity index (χ4n) is 1.22. The van der Waals surface area contributed by atoms with E-state index in [1.54, 1.807) is 0 Å². The summed E-state index contributed by atoms with van der Waals surface area (Å²) in [6.07, 6.45) is 0.584. The lowest BCUT2D eigenvalue weighted by molar-refractivity contribution is 0.451. The largest absolute Gasteiger partial charge is 0.262 e. The lowest BCUT2D eigenvalue weighted by Gasteiger charge is -2.17. The molecule has 0 spiro atoms. The molecule has 0 radical (unpaired) electrons. The van der Waals surface area contributed by atoms with Crippen LogP contribution in [0.4, 0.5) is 0 Å². The van der Waals surface area contributed by atoms with Crippen LogP contribution in [0.15, 0.2) is 9.63 Å². The maximum Gasteiger partial charge on any atom is 0.262 e. The molecule has 9 heteroatoms. The van der Waals surface area contributed by atoms with Gasteiger partial charge >= 0.3 is 0 Å². The number of halogens is 2. The second-order valence-electron chi connectivity index (χ2n) is 3.71. The topological polar surface area (TPSA) is 68.1 Å². The van der Waals surface area contributed by atoms with Gasteiger partial charge in [-0.2, -0.15) is 4.31 Å². The van der Waals surface area contributed by atoms with Crippen LogP contribution in [-0.4, -0.2) is 46.7 Å². The van der Waals surface area contributed by atoms with E-state index in [9.17, 15) is 8.42 Å². The molecule has 98 valence electrons. The predicted molar refractivity (Wildman–Crippen MR) is 68.5 cm³/mol. The molecule has 0 saturated heterocycles. The average molecular weight is 346 g/mol. The molecule has 0 bridgehead atoms. The molecule has 0 N–H and O–H groups in total. The molecule has 1 unspecified atom stereocenters. The van der Waals surface area contributed by atoms with Crippen LogP contribution in [0.2, 0.25) is 0 Å². The highest BCUT2D eigenvalue weighted by atomic mass is 79.9. The third kappa shape index (κ3) is 3.40. The smallest absolute Gasteiger partial charge is 0.235 e. The lowest BCUT2D eigenvalue weighted by Crippen LogP contribution is -2.30. The molecular weight excluding hydrogens is 332 g/mol. The molecule has 1 aromatic rings. The summed E-state index contributed by atoms with van der Waals surface area (Å²) in [4.78, 5) is 0. The Bertz CT molecular complexity index is 468. The molecule has 0 amide bonds. The van der Waals surface area contributed by atoms with Crippen molar-refractivity contribution in [3.8, 4) is 0 Å². The van der Waals surface area contributed by atoms with Gasteiger partial charge in [0.15, 0.2) is 4.60 Å². The third-order valence-electron chi connectivity index (χ3n) is 2.23. The van der Waals surface area contributed by atoms with Crippen LogP contribution in [0, 0.1) is 0 Å². The number of aromatic nitrogens is 3. The number of sulfonamides is 1. The standard InChI is InChI=1S/C8H14BrClN4O2S/c1-6(10)4-5-13(2)17(15,16)8-7(9)11-12-14(8)3/h6H,4-5H2,1-3H3. The van der Waals surface area contributed by atoms with Gasteiger partial charge in [0.2, 0.25) is 5.03 Å². The maximum absolute atomic E-state index is 12.2. The van der Waals surface area contributed by atoms with Crippen LogP contribution < -0.4 is 0 Å². The highest BCUT2D eigenvalue weighted by Gasteiger charge is 2.28. The highest BCUT2D eigenvalue weighted by molar-refractivity contribution is 9.10. The predicted octanol–water partition coefficient (Wildman–Crippen LogP) is 1.22. The highest BCUT2D eigenvalue weighted by Crippen LogP contribution is 2.21. The first kappa shape index (κ1) is 14.9. The van der Waals surface area contributed by atoms with Gasteiger partial charge in [-0.15, -0.1) is 16.7 Å². The minimum atomic E-state index is -3.59. The Balaban J connectivity index is 2.96. The fourth-order valence-corrected chi connectivity index (χ4v) is 3.53. The molecule has 17 heavy (non-hydrogen) atoms. The Morgan fingerprint density at radius 3 is 2.59 bits per heavy atom. The van der Waals surface area contributed by atoms with Gasteiger partial charge in [0.05, 0.1) is 0 Å². The van der Waals surface area contributed by atoms with Crippen LogP contribution >= 0.6 is 27.5 Å². The molecule has 0 aliphatic rings. The zero-order chi connectivity index (χ0) is 13.2. The number of rotatable bonds is 5. The number of aryl methyl sites for hydroxylation is 1. The van der Waals surface area contributed by atoms with E-state index in [1.165, 1.54) is 23.1 Å². The third-order valence-corrected chi connectivity index (χ3v) is 5.20. The summed E-state index contributed by atoms with van der Waals surface area (Å²) in [6.45, 7) is 2.17. The van der Waals surface area contributed by atoms with Gasteiger partial charge in [-0.25, -0.2) is 13.1 Å². The number of alkyl halides is 1. The molecule has 0 aliphatic carbocycles. The van der Waals surface area contributed by atoms with Crippen molar-refractivity contribution >= 4 is 37.6 Å². The second kappa shape index (κ2) is 5.64. The monoisotopic (exact) mass is 344 g/mol. The molecule has 0 aliphatic heterocycles. The van der Waals surface area contributed by atoms with Crippen molar-refractivity contribution in [2.75, 3.05) is 13.6 Å². The summed E-state index contributed by atoms with van der Waals surface area (Å²) in [7, 11) is -0.548. The molecule has 0 fully saturated rings. The van der Waals surface area contributed by atoms with Gasteiger partial charge in [-0.3, -0.25) is 0 Å². The zero-order valence-corrected chi connectivity index (χ0v) is 12.9. The van der Waals surface area contributed by atoms with Gasteiger partial charge in [-0.05, 0) is 29.3 Å². The normalized spacial score (nSPS) is 14.2. The number of hydrogen-bond donors (Lipinski definition) is 0. The molecule has 1 aromatic heterocycles. The minimum absolute atomic E-state index is 0.0437. The molecule has 0 aromatic carbocycles. The van der Waals surface area contributed by atoms with E-state index in [0.29, 0.717) is 13.0 Å². The molecule has 1 atom stereocenters. The maximum atomic E-state index is 12.2. The summed E-state index contributed by atoms with van der Waals surface area (Å²) in [5, 5.41) is 7.28. The fraction of sp³-hybridized carbons (Fsp3) is 0.750. The minimum Gasteiger partial charge on any atom is -0.235 e. The van der Waals surface area contributed by atoms with Crippen LogP contribution in [0.3, 0.4) is 0 Å². The molecule has 6 nitrogen and oxygen atoms in total. The van der Waals surface area contributed by atoms with E-state index in [4.69, 9.17) is 11.6 Å². The molecule has 1 heterocycles. The Hall–Kier alpha value is -0.180. The van der Waals surface area contributed by atoms with Crippen LogP contribution in [0.1, 0.15) is 13.3 Å². The Kier molecular flexibility index (Phi) is 4.94. The Morgan fingerprint density at radius 1 is 1.59 bits per heavy atom. The first-order valence-corrected chi connectivity index (χ1v) is 7.59. The van der Waals surface area contributed by atoms with Gasteiger partial charge in [0.1, 0.15) is 0 Å². The van der Waals surface area contributed by atoms with Crippen LogP contribution in [-0.2, 0) is 17.1 Å². The van der Waals surface area contributed by atoms with Crippen molar-refractivity contribution in [2.24, 2.45) is 7.05 Å². The second-order valence-corrected chi connectivity index (χ2v) is 7.16. The zero-order valence-electron chi connectivity index (χ0n) is 9.76. The van der Waals surface area contributed by atoms with E-state index in [2.05, 4.69) is 26.2 Å². The van der Waals surface area contributed by atoms with Gasteiger partial charge in [0.25, 0.3) is 10.0 Å². The Labute approximate surface area is 114 Å². The molecular formula is C8H14BrClN4O2S. The summed E-state index contributed by atoms with van der Waals surface area (Å²) in [6, 6.07) is 0. The quantitative estimate of drug-likeness (QED) is 0.752. The van der Waals surface area contributed by atoms with E-state index < -0.39 is 10.0 Å². The number of hydrogen-bond acceptors (Lipinski definition) is 4. The van der Waals surface area contributed by atoms with Crippen molar-refractivity contribution in [2.45, 2.75) is 23.7 Å². The molecule has 0 saturated carbocycles. The van der Waals surface area contributed by atoms with Crippen LogP contribution in [0.25, 0.3) is 0 Å². The van der Waals surface area contributed by atoms with Crippen molar-refractivity contribution < 1.29 is 8.42 Å². The number of nitrogens with zero attached hydrogens (tertiary/aromatic N) is 4. The first-order chi connectivity index (χ1) is 7.76. The van der Waals surface area contributed by atoms with Gasteiger partial charge < -0.3 is 0 Å². The summed E-state index contributed by atoms with van der Waals surface area (Å²) in [5.41, 5.74) is 0. The molecule has 1 rings (SSSR count). The van der Waals surface area contributed by atoms with Crippen molar-refractivity contribution in [3.63, 3.8) is 0 Å². The summed E-state index contributed by atoms with van der Waals surface area (Å²) in [5.74, 6) is 0. The van der Waals surface area contributed by atoms with E-state index in [-0.39, 0.29) is 15.0 Å². The van der Waals surface area contributed by atoms with Gasteiger partial charge in [0, 0.05) is 26.0 Å². The lowest BCUT2D eigenvalue weighted by atomic mass is 10.3. The first-order valence-electron chi connectivity index (χ1n) is 4.92.